The van der Waals surface area contributed by atoms with Crippen LogP contribution in [0.25, 0.3) is 0 Å². The smallest absolute Gasteiger partial charge is 0.222 e. The predicted octanol–water partition coefficient (Wildman–Crippen LogP) is 3.76. The maximum atomic E-state index is 12.3. The normalized spacial score (nSPS) is 11.6. The van der Waals surface area contributed by atoms with Crippen LogP contribution in [-0.2, 0) is 9.59 Å². The van der Waals surface area contributed by atoms with Crippen molar-refractivity contribution < 1.29 is 14.3 Å². The first-order chi connectivity index (χ1) is 13.4. The van der Waals surface area contributed by atoms with Crippen LogP contribution in [0.1, 0.15) is 48.1 Å². The van der Waals surface area contributed by atoms with E-state index < -0.39 is 0 Å². The number of amides is 2. The molecule has 0 unspecified atom stereocenters. The van der Waals surface area contributed by atoms with Gasteiger partial charge in [-0.15, -0.1) is 0 Å². The molecule has 5 nitrogen and oxygen atoms in total. The highest BCUT2D eigenvalue weighted by molar-refractivity contribution is 5.79. The molecule has 0 aliphatic rings. The lowest BCUT2D eigenvalue weighted by Gasteiger charge is -2.18. The summed E-state index contributed by atoms with van der Waals surface area (Å²) in [5.74, 6) is 0.655. The second kappa shape index (κ2) is 10.5. The second-order valence-corrected chi connectivity index (χ2v) is 7.12. The number of ether oxygens (including phenoxy) is 1. The van der Waals surface area contributed by atoms with Gasteiger partial charge in [0.2, 0.25) is 11.8 Å². The molecule has 0 bridgehead atoms. The Kier molecular flexibility index (Phi) is 8.05. The van der Waals surface area contributed by atoms with E-state index in [2.05, 4.69) is 37.5 Å². The van der Waals surface area contributed by atoms with Crippen molar-refractivity contribution in [2.75, 3.05) is 13.2 Å². The molecular formula is C23H30N2O3. The summed E-state index contributed by atoms with van der Waals surface area (Å²) in [6, 6.07) is 13.4. The topological polar surface area (TPSA) is 67.4 Å². The van der Waals surface area contributed by atoms with Gasteiger partial charge in [-0.05, 0) is 55.5 Å². The van der Waals surface area contributed by atoms with E-state index in [0.29, 0.717) is 19.6 Å². The van der Waals surface area contributed by atoms with Crippen LogP contribution in [0.2, 0.25) is 0 Å². The molecule has 0 aromatic heterocycles. The van der Waals surface area contributed by atoms with Crippen LogP contribution in [0.5, 0.6) is 5.75 Å². The van der Waals surface area contributed by atoms with Crippen LogP contribution >= 0.6 is 0 Å². The molecular weight excluding hydrogens is 352 g/mol. The summed E-state index contributed by atoms with van der Waals surface area (Å²) in [5.41, 5.74) is 4.46. The summed E-state index contributed by atoms with van der Waals surface area (Å²) in [4.78, 5) is 23.7. The third-order valence-electron chi connectivity index (χ3n) is 4.63. The number of carbonyl (C=O) groups is 2. The van der Waals surface area contributed by atoms with E-state index in [-0.39, 0.29) is 24.3 Å². The molecule has 0 aliphatic carbocycles. The Morgan fingerprint density at radius 1 is 1.07 bits per heavy atom. The Bertz CT molecular complexity index is 803. The van der Waals surface area contributed by atoms with Crippen LogP contribution < -0.4 is 15.4 Å². The van der Waals surface area contributed by atoms with E-state index in [1.54, 1.807) is 0 Å². The van der Waals surface area contributed by atoms with Gasteiger partial charge in [0.05, 0.1) is 19.1 Å². The molecule has 0 saturated heterocycles. The van der Waals surface area contributed by atoms with E-state index >= 15 is 0 Å². The van der Waals surface area contributed by atoms with Crippen molar-refractivity contribution in [3.05, 3.63) is 64.7 Å². The Morgan fingerprint density at radius 3 is 2.46 bits per heavy atom. The summed E-state index contributed by atoms with van der Waals surface area (Å²) in [5, 5.41) is 5.75. The van der Waals surface area contributed by atoms with Crippen LogP contribution in [0.3, 0.4) is 0 Å². The first-order valence-electron chi connectivity index (χ1n) is 9.66. The number of benzene rings is 2. The number of hydrogen-bond donors (Lipinski definition) is 2. The molecule has 0 heterocycles. The molecule has 0 fully saturated rings. The van der Waals surface area contributed by atoms with Gasteiger partial charge in [-0.25, -0.2) is 0 Å². The van der Waals surface area contributed by atoms with Crippen LogP contribution in [0.15, 0.2) is 42.5 Å². The Morgan fingerprint density at radius 2 is 1.79 bits per heavy atom. The average molecular weight is 383 g/mol. The zero-order valence-electron chi connectivity index (χ0n) is 17.2. The molecule has 1 atom stereocenters. The predicted molar refractivity (Wildman–Crippen MR) is 111 cm³/mol. The van der Waals surface area contributed by atoms with E-state index in [1.165, 1.54) is 18.1 Å². The molecule has 5 heteroatoms. The first-order valence-corrected chi connectivity index (χ1v) is 9.66. The zero-order valence-corrected chi connectivity index (χ0v) is 17.2. The van der Waals surface area contributed by atoms with Crippen molar-refractivity contribution in [3.63, 3.8) is 0 Å². The minimum atomic E-state index is -0.326. The molecule has 2 amide bonds. The summed E-state index contributed by atoms with van der Waals surface area (Å²) in [6.07, 6.45) is 0.926. The number of hydrogen-bond acceptors (Lipinski definition) is 3. The van der Waals surface area contributed by atoms with E-state index in [9.17, 15) is 9.59 Å². The van der Waals surface area contributed by atoms with Gasteiger partial charge >= 0.3 is 0 Å². The van der Waals surface area contributed by atoms with Gasteiger partial charge < -0.3 is 15.4 Å². The summed E-state index contributed by atoms with van der Waals surface area (Å²) >= 11 is 0. The third kappa shape index (κ3) is 6.72. The van der Waals surface area contributed by atoms with Crippen LogP contribution in [0.4, 0.5) is 0 Å². The van der Waals surface area contributed by atoms with E-state index in [1.807, 2.05) is 36.4 Å². The molecule has 2 aromatic rings. The summed E-state index contributed by atoms with van der Waals surface area (Å²) in [7, 11) is 0. The maximum Gasteiger partial charge on any atom is 0.222 e. The standard InChI is InChI=1S/C23H30N2O3/c1-16-13-17(2)18(3)22(14-16)28-12-8-11-24-23(27)15-21(25-19(4)26)20-9-6-5-7-10-20/h5-7,9-10,13-14,21H,8,11-12,15H2,1-4H3,(H,24,27)(H,25,26)/t21-/m1/s1. The van der Waals surface area contributed by atoms with Crippen molar-refractivity contribution in [1.82, 2.24) is 10.6 Å². The second-order valence-electron chi connectivity index (χ2n) is 7.12. The zero-order chi connectivity index (χ0) is 20.5. The van der Waals surface area contributed by atoms with Gasteiger partial charge in [0, 0.05) is 13.5 Å². The van der Waals surface area contributed by atoms with E-state index in [4.69, 9.17) is 4.74 Å². The van der Waals surface area contributed by atoms with Crippen LogP contribution in [-0.4, -0.2) is 25.0 Å². The highest BCUT2D eigenvalue weighted by Gasteiger charge is 2.16. The molecule has 0 radical (unpaired) electrons. The van der Waals surface area contributed by atoms with E-state index in [0.717, 1.165) is 16.9 Å². The Balaban J connectivity index is 1.78. The van der Waals surface area contributed by atoms with Crippen molar-refractivity contribution in [2.45, 2.75) is 46.6 Å². The quantitative estimate of drug-likeness (QED) is 0.649. The number of rotatable bonds is 9. The number of carbonyl (C=O) groups excluding carboxylic acids is 2. The largest absolute Gasteiger partial charge is 0.493 e. The molecule has 150 valence electrons. The lowest BCUT2D eigenvalue weighted by atomic mass is 10.0. The number of nitrogens with one attached hydrogen (secondary N) is 2. The van der Waals surface area contributed by atoms with Crippen molar-refractivity contribution in [1.29, 1.82) is 0 Å². The highest BCUT2D eigenvalue weighted by atomic mass is 16.5. The van der Waals surface area contributed by atoms with Gasteiger partial charge in [-0.2, -0.15) is 0 Å². The Hall–Kier alpha value is -2.82. The molecule has 28 heavy (non-hydrogen) atoms. The van der Waals surface area contributed by atoms with Gasteiger partial charge in [-0.3, -0.25) is 9.59 Å². The van der Waals surface area contributed by atoms with Crippen LogP contribution in [0, 0.1) is 20.8 Å². The molecule has 0 aliphatic heterocycles. The molecule has 2 N–H and O–H groups in total. The Labute approximate surface area is 167 Å². The minimum absolute atomic E-state index is 0.0924. The van der Waals surface area contributed by atoms with Crippen molar-refractivity contribution in [3.8, 4) is 5.75 Å². The van der Waals surface area contributed by atoms with Gasteiger partial charge in [0.15, 0.2) is 0 Å². The maximum absolute atomic E-state index is 12.3. The lowest BCUT2D eigenvalue weighted by Crippen LogP contribution is -2.33. The minimum Gasteiger partial charge on any atom is -0.493 e. The average Bonchev–Trinajstić information content (AvgIpc) is 2.65. The fraction of sp³-hybridized carbons (Fsp3) is 0.391. The SMILES string of the molecule is CC(=O)N[C@H](CC(=O)NCCCOc1cc(C)cc(C)c1C)c1ccccc1. The lowest BCUT2D eigenvalue weighted by molar-refractivity contribution is -0.122. The fourth-order valence-electron chi connectivity index (χ4n) is 3.07. The summed E-state index contributed by atoms with van der Waals surface area (Å²) < 4.78 is 5.88. The van der Waals surface area contributed by atoms with Crippen molar-refractivity contribution in [2.24, 2.45) is 0 Å². The third-order valence-corrected chi connectivity index (χ3v) is 4.63. The molecule has 2 rings (SSSR count). The molecule has 2 aromatic carbocycles. The van der Waals surface area contributed by atoms with Gasteiger partial charge in [0.25, 0.3) is 0 Å². The first kappa shape index (κ1) is 21.5. The van der Waals surface area contributed by atoms with Crippen molar-refractivity contribution >= 4 is 11.8 Å². The highest BCUT2D eigenvalue weighted by Crippen LogP contribution is 2.23. The molecule has 0 spiro atoms. The summed E-state index contributed by atoms with van der Waals surface area (Å²) in [6.45, 7) is 8.71. The fourth-order valence-corrected chi connectivity index (χ4v) is 3.07. The monoisotopic (exact) mass is 382 g/mol. The molecule has 0 saturated carbocycles. The van der Waals surface area contributed by atoms with Gasteiger partial charge in [0.1, 0.15) is 5.75 Å². The number of aryl methyl sites for hydroxylation is 2. The van der Waals surface area contributed by atoms with Gasteiger partial charge in [-0.1, -0.05) is 36.4 Å².